The van der Waals surface area contributed by atoms with Gasteiger partial charge in [-0.2, -0.15) is 0 Å². The highest BCUT2D eigenvalue weighted by Gasteiger charge is 2.35. The molecule has 0 saturated heterocycles. The second-order valence-corrected chi connectivity index (χ2v) is 3.91. The van der Waals surface area contributed by atoms with Gasteiger partial charge in [0.05, 0.1) is 5.60 Å². The minimum absolute atomic E-state index is 0.320. The maximum absolute atomic E-state index is 10.4. The van der Waals surface area contributed by atoms with Crippen LogP contribution < -0.4 is 0 Å². The van der Waals surface area contributed by atoms with Crippen molar-refractivity contribution in [1.29, 1.82) is 0 Å². The largest absolute Gasteiger partial charge is 0.479 e. The highest BCUT2D eigenvalue weighted by atomic mass is 16.4. The molecule has 0 aliphatic heterocycles. The number of hydrogen-bond donors (Lipinski definition) is 3. The number of aliphatic hydroxyl groups is 2. The molecule has 0 heterocycles. The molecule has 0 aliphatic carbocycles. The lowest BCUT2D eigenvalue weighted by Crippen LogP contribution is -2.44. The molecule has 0 aromatic rings. The van der Waals surface area contributed by atoms with Gasteiger partial charge in [-0.3, -0.25) is 0 Å². The van der Waals surface area contributed by atoms with E-state index in [1.807, 2.05) is 0 Å². The van der Waals surface area contributed by atoms with Crippen molar-refractivity contribution in [3.63, 3.8) is 0 Å². The Labute approximate surface area is 84.6 Å². The molecule has 84 valence electrons. The summed E-state index contributed by atoms with van der Waals surface area (Å²) >= 11 is 0. The SMILES string of the molecule is CCCCCCC(C)(O)C(O)C(=O)O. The van der Waals surface area contributed by atoms with E-state index in [2.05, 4.69) is 6.92 Å². The van der Waals surface area contributed by atoms with Crippen molar-refractivity contribution < 1.29 is 20.1 Å². The van der Waals surface area contributed by atoms with Crippen LogP contribution in [-0.4, -0.2) is 33.0 Å². The van der Waals surface area contributed by atoms with Gasteiger partial charge >= 0.3 is 5.97 Å². The quantitative estimate of drug-likeness (QED) is 0.544. The van der Waals surface area contributed by atoms with Crippen LogP contribution in [0, 0.1) is 0 Å². The lowest BCUT2D eigenvalue weighted by atomic mass is 9.92. The molecule has 0 aliphatic rings. The number of aliphatic carboxylic acids is 1. The van der Waals surface area contributed by atoms with Gasteiger partial charge in [0.15, 0.2) is 6.10 Å². The van der Waals surface area contributed by atoms with Crippen molar-refractivity contribution in [2.24, 2.45) is 0 Å². The van der Waals surface area contributed by atoms with Crippen LogP contribution in [0.15, 0.2) is 0 Å². The van der Waals surface area contributed by atoms with Crippen LogP contribution in [0.5, 0.6) is 0 Å². The van der Waals surface area contributed by atoms with Crippen molar-refractivity contribution in [2.75, 3.05) is 0 Å². The Kier molecular flexibility index (Phi) is 5.72. The molecule has 4 heteroatoms. The third kappa shape index (κ3) is 4.58. The number of unbranched alkanes of at least 4 members (excludes halogenated alkanes) is 3. The second kappa shape index (κ2) is 5.98. The van der Waals surface area contributed by atoms with Gasteiger partial charge in [-0.25, -0.2) is 4.79 Å². The molecule has 0 radical (unpaired) electrons. The van der Waals surface area contributed by atoms with Crippen molar-refractivity contribution >= 4 is 5.97 Å². The molecular formula is C10H20O4. The number of carbonyl (C=O) groups is 1. The van der Waals surface area contributed by atoms with E-state index in [4.69, 9.17) is 10.2 Å². The zero-order valence-corrected chi connectivity index (χ0v) is 8.86. The Balaban J connectivity index is 3.88. The zero-order valence-electron chi connectivity index (χ0n) is 8.86. The highest BCUT2D eigenvalue weighted by molar-refractivity contribution is 5.73. The van der Waals surface area contributed by atoms with Crippen LogP contribution in [0.4, 0.5) is 0 Å². The molecule has 0 bridgehead atoms. The fraction of sp³-hybridized carbons (Fsp3) is 0.900. The molecule has 14 heavy (non-hydrogen) atoms. The zero-order chi connectivity index (χ0) is 11.2. The lowest BCUT2D eigenvalue weighted by molar-refractivity contribution is -0.162. The second-order valence-electron chi connectivity index (χ2n) is 3.91. The molecule has 0 amide bonds. The maximum Gasteiger partial charge on any atom is 0.335 e. The first-order chi connectivity index (χ1) is 6.41. The minimum atomic E-state index is -1.69. The maximum atomic E-state index is 10.4. The highest BCUT2D eigenvalue weighted by Crippen LogP contribution is 2.19. The van der Waals surface area contributed by atoms with E-state index in [9.17, 15) is 9.90 Å². The van der Waals surface area contributed by atoms with Crippen LogP contribution in [0.2, 0.25) is 0 Å². The van der Waals surface area contributed by atoms with E-state index in [1.165, 1.54) is 6.92 Å². The number of rotatable bonds is 7. The summed E-state index contributed by atoms with van der Waals surface area (Å²) in [5.41, 5.74) is -1.51. The molecule has 0 fully saturated rings. The van der Waals surface area contributed by atoms with E-state index in [1.54, 1.807) is 0 Å². The Morgan fingerprint density at radius 2 is 1.93 bits per heavy atom. The fourth-order valence-electron chi connectivity index (χ4n) is 1.31. The van der Waals surface area contributed by atoms with Crippen LogP contribution in [-0.2, 0) is 4.79 Å². The normalized spacial score (nSPS) is 17.4. The standard InChI is InChI=1S/C10H20O4/c1-3-4-5-6-7-10(2,14)8(11)9(12)13/h8,11,14H,3-7H2,1-2H3,(H,12,13). The van der Waals surface area contributed by atoms with Gasteiger partial charge < -0.3 is 15.3 Å². The number of carboxylic acid groups (broad SMARTS) is 1. The summed E-state index contributed by atoms with van der Waals surface area (Å²) < 4.78 is 0. The summed E-state index contributed by atoms with van der Waals surface area (Å²) in [5.74, 6) is -1.37. The van der Waals surface area contributed by atoms with Crippen LogP contribution in [0.25, 0.3) is 0 Å². The summed E-state index contributed by atoms with van der Waals surface area (Å²) in [6.45, 7) is 3.43. The first-order valence-electron chi connectivity index (χ1n) is 5.05. The molecule has 0 saturated carbocycles. The van der Waals surface area contributed by atoms with Crippen molar-refractivity contribution in [2.45, 2.75) is 57.7 Å². The first-order valence-corrected chi connectivity index (χ1v) is 5.05. The van der Waals surface area contributed by atoms with Crippen molar-refractivity contribution in [1.82, 2.24) is 0 Å². The minimum Gasteiger partial charge on any atom is -0.479 e. The summed E-state index contributed by atoms with van der Waals surface area (Å²) in [4.78, 5) is 10.4. The van der Waals surface area contributed by atoms with Gasteiger partial charge in [0.25, 0.3) is 0 Å². The van der Waals surface area contributed by atoms with Gasteiger partial charge in [0.2, 0.25) is 0 Å². The molecule has 2 unspecified atom stereocenters. The van der Waals surface area contributed by atoms with Crippen LogP contribution >= 0.6 is 0 Å². The number of hydrogen-bond acceptors (Lipinski definition) is 3. The van der Waals surface area contributed by atoms with Gasteiger partial charge in [0.1, 0.15) is 0 Å². The van der Waals surface area contributed by atoms with E-state index >= 15 is 0 Å². The average molecular weight is 204 g/mol. The molecule has 4 nitrogen and oxygen atoms in total. The molecular weight excluding hydrogens is 184 g/mol. The van der Waals surface area contributed by atoms with E-state index in [0.29, 0.717) is 6.42 Å². The predicted octanol–water partition coefficient (Wildman–Crippen LogP) is 1.15. The Bertz CT molecular complexity index is 177. The Morgan fingerprint density at radius 3 is 2.36 bits per heavy atom. The lowest BCUT2D eigenvalue weighted by Gasteiger charge is -2.25. The predicted molar refractivity (Wildman–Crippen MR) is 53.0 cm³/mol. The Hall–Kier alpha value is -0.610. The van der Waals surface area contributed by atoms with E-state index in [0.717, 1.165) is 25.7 Å². The Morgan fingerprint density at radius 1 is 1.36 bits per heavy atom. The van der Waals surface area contributed by atoms with E-state index < -0.39 is 17.7 Å². The van der Waals surface area contributed by atoms with Crippen LogP contribution in [0.3, 0.4) is 0 Å². The van der Waals surface area contributed by atoms with Gasteiger partial charge in [0, 0.05) is 0 Å². The van der Waals surface area contributed by atoms with E-state index in [-0.39, 0.29) is 0 Å². The van der Waals surface area contributed by atoms with Gasteiger partial charge in [-0.05, 0) is 13.3 Å². The monoisotopic (exact) mass is 204 g/mol. The fourth-order valence-corrected chi connectivity index (χ4v) is 1.31. The smallest absolute Gasteiger partial charge is 0.335 e. The van der Waals surface area contributed by atoms with Crippen molar-refractivity contribution in [3.8, 4) is 0 Å². The van der Waals surface area contributed by atoms with Crippen LogP contribution in [0.1, 0.15) is 46.0 Å². The molecule has 0 spiro atoms. The topological polar surface area (TPSA) is 77.8 Å². The number of carboxylic acids is 1. The molecule has 0 rings (SSSR count). The third-order valence-corrected chi connectivity index (χ3v) is 2.36. The van der Waals surface area contributed by atoms with Crippen molar-refractivity contribution in [3.05, 3.63) is 0 Å². The molecule has 2 atom stereocenters. The summed E-state index contributed by atoms with van der Waals surface area (Å²) in [6.07, 6.45) is 2.48. The summed E-state index contributed by atoms with van der Waals surface area (Å²) in [7, 11) is 0. The third-order valence-electron chi connectivity index (χ3n) is 2.36. The first kappa shape index (κ1) is 13.4. The molecule has 0 aromatic carbocycles. The van der Waals surface area contributed by atoms with Gasteiger partial charge in [-0.1, -0.05) is 32.6 Å². The average Bonchev–Trinajstić information content (AvgIpc) is 2.11. The summed E-state index contributed by atoms with van der Waals surface area (Å²) in [5, 5.41) is 27.3. The molecule has 3 N–H and O–H groups in total. The van der Waals surface area contributed by atoms with Gasteiger partial charge in [-0.15, -0.1) is 0 Å². The number of aliphatic hydroxyl groups excluding tert-OH is 1. The molecule has 0 aromatic heterocycles. The summed E-state index contributed by atoms with van der Waals surface area (Å²) in [6, 6.07) is 0.